The first-order chi connectivity index (χ1) is 8.42. The van der Waals surface area contributed by atoms with E-state index in [1.54, 1.807) is 0 Å². The van der Waals surface area contributed by atoms with E-state index in [0.29, 0.717) is 0 Å². The van der Waals surface area contributed by atoms with Crippen molar-refractivity contribution in [1.82, 2.24) is 0 Å². The molecule has 0 saturated carbocycles. The van der Waals surface area contributed by atoms with Gasteiger partial charge < -0.3 is 0 Å². The van der Waals surface area contributed by atoms with E-state index >= 15 is 0 Å². The highest BCUT2D eigenvalue weighted by Gasteiger charge is 2.27. The molecule has 0 nitrogen and oxygen atoms in total. The number of hydrogen-bond acceptors (Lipinski definition) is 0. The van der Waals surface area contributed by atoms with Crippen LogP contribution in [0.25, 0.3) is 11.1 Å². The molecule has 0 heterocycles. The van der Waals surface area contributed by atoms with Crippen molar-refractivity contribution in [1.29, 1.82) is 0 Å². The number of benzene rings is 2. The van der Waals surface area contributed by atoms with Crippen molar-refractivity contribution in [2.75, 3.05) is 0 Å². The molecule has 0 heteroatoms. The normalized spacial score (nSPS) is 13.5. The zero-order valence-electron chi connectivity index (χ0n) is 10.2. The van der Waals surface area contributed by atoms with E-state index < -0.39 is 0 Å². The smallest absolute Gasteiger partial charge is 0.0352 e. The van der Waals surface area contributed by atoms with Crippen LogP contribution < -0.4 is 0 Å². The monoisotopic (exact) mass is 221 g/mol. The summed E-state index contributed by atoms with van der Waals surface area (Å²) in [6.07, 6.45) is 3.73. The van der Waals surface area contributed by atoms with Crippen molar-refractivity contribution in [2.24, 2.45) is 0 Å². The Balaban J connectivity index is 2.10. The first-order valence-corrected chi connectivity index (χ1v) is 6.47. The SMILES string of the molecule is CCCC[C]1c2ccccc2-c2ccccc21. The molecule has 1 radical (unpaired) electrons. The Labute approximate surface area is 103 Å². The molecule has 0 bridgehead atoms. The van der Waals surface area contributed by atoms with Crippen LogP contribution in [0.2, 0.25) is 0 Å². The van der Waals surface area contributed by atoms with Crippen LogP contribution in [0, 0.1) is 5.92 Å². The Hall–Kier alpha value is -1.56. The van der Waals surface area contributed by atoms with Gasteiger partial charge in [0.15, 0.2) is 0 Å². The summed E-state index contributed by atoms with van der Waals surface area (Å²) >= 11 is 0. The Morgan fingerprint density at radius 2 is 1.18 bits per heavy atom. The molecule has 2 aromatic rings. The second kappa shape index (κ2) is 4.37. The maximum Gasteiger partial charge on any atom is 0.0352 e. The van der Waals surface area contributed by atoms with Gasteiger partial charge in [0.1, 0.15) is 0 Å². The van der Waals surface area contributed by atoms with Gasteiger partial charge in [-0.1, -0.05) is 68.3 Å². The van der Waals surface area contributed by atoms with Gasteiger partial charge in [-0.3, -0.25) is 0 Å². The van der Waals surface area contributed by atoms with Gasteiger partial charge in [-0.05, 0) is 28.7 Å². The van der Waals surface area contributed by atoms with Gasteiger partial charge in [-0.15, -0.1) is 0 Å². The minimum atomic E-state index is 1.20. The Morgan fingerprint density at radius 1 is 0.706 bits per heavy atom. The zero-order valence-corrected chi connectivity index (χ0v) is 10.2. The van der Waals surface area contributed by atoms with Crippen LogP contribution in [0.15, 0.2) is 48.5 Å². The molecule has 1 aliphatic carbocycles. The Kier molecular flexibility index (Phi) is 2.72. The highest BCUT2D eigenvalue weighted by molar-refractivity contribution is 5.83. The van der Waals surface area contributed by atoms with Crippen molar-refractivity contribution in [3.8, 4) is 11.1 Å². The Morgan fingerprint density at radius 3 is 1.65 bits per heavy atom. The molecule has 0 atom stereocenters. The van der Waals surface area contributed by atoms with Crippen molar-refractivity contribution in [3.05, 3.63) is 65.6 Å². The molecule has 0 spiro atoms. The molecule has 85 valence electrons. The number of fused-ring (bicyclic) bond motifs is 3. The van der Waals surface area contributed by atoms with Crippen LogP contribution in [0.3, 0.4) is 0 Å². The lowest BCUT2D eigenvalue weighted by Crippen LogP contribution is -1.97. The topological polar surface area (TPSA) is 0 Å². The van der Waals surface area contributed by atoms with Gasteiger partial charge >= 0.3 is 0 Å². The van der Waals surface area contributed by atoms with E-state index in [1.807, 2.05) is 0 Å². The van der Waals surface area contributed by atoms with E-state index in [0.717, 1.165) is 0 Å². The minimum absolute atomic E-state index is 1.20. The van der Waals surface area contributed by atoms with Crippen molar-refractivity contribution in [3.63, 3.8) is 0 Å². The van der Waals surface area contributed by atoms with Crippen molar-refractivity contribution < 1.29 is 0 Å². The van der Waals surface area contributed by atoms with Crippen molar-refractivity contribution >= 4 is 0 Å². The average Bonchev–Trinajstić information content (AvgIpc) is 2.71. The predicted molar refractivity (Wildman–Crippen MR) is 72.9 cm³/mol. The largest absolute Gasteiger partial charge is 0.0654 e. The third-order valence-electron chi connectivity index (χ3n) is 3.57. The molecule has 0 N–H and O–H groups in total. The second-order valence-corrected chi connectivity index (χ2v) is 4.67. The summed E-state index contributed by atoms with van der Waals surface area (Å²) in [6, 6.07) is 17.6. The third-order valence-corrected chi connectivity index (χ3v) is 3.57. The lowest BCUT2D eigenvalue weighted by molar-refractivity contribution is 0.759. The van der Waals surface area contributed by atoms with E-state index in [-0.39, 0.29) is 0 Å². The summed E-state index contributed by atoms with van der Waals surface area (Å²) in [4.78, 5) is 0. The first-order valence-electron chi connectivity index (χ1n) is 6.47. The summed E-state index contributed by atoms with van der Waals surface area (Å²) < 4.78 is 0. The fraction of sp³-hybridized carbons (Fsp3) is 0.235. The number of rotatable bonds is 3. The van der Waals surface area contributed by atoms with E-state index in [2.05, 4.69) is 55.5 Å². The predicted octanol–water partition coefficient (Wildman–Crippen LogP) is 4.83. The summed E-state index contributed by atoms with van der Waals surface area (Å²) in [5, 5.41) is 0. The van der Waals surface area contributed by atoms with E-state index in [9.17, 15) is 0 Å². The Bertz CT molecular complexity index is 480. The molecule has 1 aliphatic rings. The maximum absolute atomic E-state index is 2.26. The minimum Gasteiger partial charge on any atom is -0.0654 e. The summed E-state index contributed by atoms with van der Waals surface area (Å²) in [6.45, 7) is 2.26. The van der Waals surface area contributed by atoms with E-state index in [1.165, 1.54) is 47.4 Å². The highest BCUT2D eigenvalue weighted by atomic mass is 14.3. The van der Waals surface area contributed by atoms with Crippen LogP contribution in [0.1, 0.15) is 37.3 Å². The van der Waals surface area contributed by atoms with Gasteiger partial charge in [0, 0.05) is 5.92 Å². The molecule has 0 aliphatic heterocycles. The molecule has 0 unspecified atom stereocenters. The lowest BCUT2D eigenvalue weighted by atomic mass is 9.92. The van der Waals surface area contributed by atoms with Crippen LogP contribution in [-0.2, 0) is 0 Å². The maximum atomic E-state index is 2.26. The van der Waals surface area contributed by atoms with Gasteiger partial charge in [0.25, 0.3) is 0 Å². The fourth-order valence-corrected chi connectivity index (χ4v) is 2.73. The molecule has 0 fully saturated rings. The molecule has 0 saturated heterocycles. The van der Waals surface area contributed by atoms with Crippen LogP contribution in [-0.4, -0.2) is 0 Å². The molecule has 0 aromatic heterocycles. The molecule has 2 aromatic carbocycles. The lowest BCUT2D eigenvalue weighted by Gasteiger charge is -2.11. The fourth-order valence-electron chi connectivity index (χ4n) is 2.73. The number of unbranched alkanes of at least 4 members (excludes halogenated alkanes) is 1. The first kappa shape index (κ1) is 10.6. The molecule has 0 amide bonds. The van der Waals surface area contributed by atoms with Crippen LogP contribution in [0.4, 0.5) is 0 Å². The average molecular weight is 221 g/mol. The summed E-state index contributed by atoms with van der Waals surface area (Å²) in [5.74, 6) is 1.54. The van der Waals surface area contributed by atoms with Crippen LogP contribution in [0.5, 0.6) is 0 Å². The van der Waals surface area contributed by atoms with Gasteiger partial charge in [-0.2, -0.15) is 0 Å². The van der Waals surface area contributed by atoms with Crippen LogP contribution >= 0.6 is 0 Å². The zero-order chi connectivity index (χ0) is 11.7. The van der Waals surface area contributed by atoms with E-state index in [4.69, 9.17) is 0 Å². The molecule has 17 heavy (non-hydrogen) atoms. The van der Waals surface area contributed by atoms with Gasteiger partial charge in [0.05, 0.1) is 0 Å². The molecular weight excluding hydrogens is 204 g/mol. The second-order valence-electron chi connectivity index (χ2n) is 4.67. The standard InChI is InChI=1S/C17H17/c1-2-3-8-13-14-9-4-6-11-16(14)17-12-7-5-10-15(13)17/h4-7,9-12H,2-3,8H2,1H3. The summed E-state index contributed by atoms with van der Waals surface area (Å²) in [7, 11) is 0. The molecular formula is C17H17. The van der Waals surface area contributed by atoms with Crippen molar-refractivity contribution in [2.45, 2.75) is 26.2 Å². The quantitative estimate of drug-likeness (QED) is 0.696. The summed E-state index contributed by atoms with van der Waals surface area (Å²) in [5.41, 5.74) is 5.72. The molecule has 3 rings (SSSR count). The highest BCUT2D eigenvalue weighted by Crippen LogP contribution is 2.45. The van der Waals surface area contributed by atoms with Gasteiger partial charge in [0.2, 0.25) is 0 Å². The number of hydrogen-bond donors (Lipinski definition) is 0. The van der Waals surface area contributed by atoms with Gasteiger partial charge in [-0.25, -0.2) is 0 Å². The third kappa shape index (κ3) is 1.68.